The monoisotopic (exact) mass is 652 g/mol. The van der Waals surface area contributed by atoms with Gasteiger partial charge in [-0.25, -0.2) is 0 Å². The van der Waals surface area contributed by atoms with Crippen molar-refractivity contribution in [3.8, 4) is 44.5 Å². The van der Waals surface area contributed by atoms with E-state index in [9.17, 15) is 0 Å². The molecule has 0 saturated heterocycles. The quantitative estimate of drug-likeness (QED) is 0.190. The number of fused-ring (bicyclic) bond motifs is 10. The Morgan fingerprint density at radius 2 is 0.647 bits per heavy atom. The summed E-state index contributed by atoms with van der Waals surface area (Å²) >= 11 is 0. The second-order valence-electron chi connectivity index (χ2n) is 13.3. The minimum atomic E-state index is 0.753. The van der Waals surface area contributed by atoms with Crippen molar-refractivity contribution in [2.24, 2.45) is 0 Å². The van der Waals surface area contributed by atoms with Crippen LogP contribution in [0.5, 0.6) is 0 Å². The van der Waals surface area contributed by atoms with Gasteiger partial charge < -0.3 is 13.3 Å². The summed E-state index contributed by atoms with van der Waals surface area (Å²) in [4.78, 5) is 0. The van der Waals surface area contributed by atoms with Crippen LogP contribution in [0.25, 0.3) is 110 Å². The van der Waals surface area contributed by atoms with E-state index in [0.717, 1.165) is 99.2 Å². The maximum atomic E-state index is 6.76. The molecule has 0 atom stereocenters. The molecule has 8 aromatic carbocycles. The van der Waals surface area contributed by atoms with Crippen LogP contribution in [0.2, 0.25) is 0 Å². The molecule has 3 heterocycles. The van der Waals surface area contributed by atoms with Gasteiger partial charge in [0.2, 0.25) is 0 Å². The number of hydrogen-bond donors (Lipinski definition) is 0. The zero-order valence-electron chi connectivity index (χ0n) is 27.4. The first-order valence-corrected chi connectivity index (χ1v) is 17.2. The minimum Gasteiger partial charge on any atom is -0.456 e. The van der Waals surface area contributed by atoms with Crippen LogP contribution in [-0.4, -0.2) is 0 Å². The SMILES string of the molecule is c1ccc(-c2ccc3oc4ccc(-c5cc6c7cc(-c8ccccc8)ccc7oc6c6oc7ccc(-c8ccccc8)cc7c56)cc4c3c2)cc1. The van der Waals surface area contributed by atoms with Crippen molar-refractivity contribution in [2.45, 2.75) is 0 Å². The number of furan rings is 3. The topological polar surface area (TPSA) is 39.4 Å². The third-order valence-electron chi connectivity index (χ3n) is 10.3. The smallest absolute Gasteiger partial charge is 0.179 e. The molecule has 0 radical (unpaired) electrons. The van der Waals surface area contributed by atoms with E-state index in [4.69, 9.17) is 13.3 Å². The molecule has 3 heteroatoms. The highest BCUT2D eigenvalue weighted by atomic mass is 16.4. The van der Waals surface area contributed by atoms with Crippen molar-refractivity contribution in [3.05, 3.63) is 170 Å². The van der Waals surface area contributed by atoms with Gasteiger partial charge in [0.25, 0.3) is 0 Å². The third kappa shape index (κ3) is 4.38. The predicted molar refractivity (Wildman–Crippen MR) is 210 cm³/mol. The Hall–Kier alpha value is -6.84. The highest BCUT2D eigenvalue weighted by Crippen LogP contribution is 2.46. The third-order valence-corrected chi connectivity index (χ3v) is 10.3. The first-order chi connectivity index (χ1) is 25.2. The molecule has 0 aliphatic carbocycles. The Morgan fingerprint density at radius 3 is 1.18 bits per heavy atom. The molecule has 0 N–H and O–H groups in total. The normalized spacial score (nSPS) is 11.9. The fraction of sp³-hybridized carbons (Fsp3) is 0. The number of benzene rings is 8. The number of hydrogen-bond acceptors (Lipinski definition) is 3. The average Bonchev–Trinajstić information content (AvgIpc) is 3.89. The predicted octanol–water partition coefficient (Wildman–Crippen LogP) is 14.1. The highest BCUT2D eigenvalue weighted by molar-refractivity contribution is 6.25. The van der Waals surface area contributed by atoms with Gasteiger partial charge in [-0.2, -0.15) is 0 Å². The molecule has 0 spiro atoms. The maximum absolute atomic E-state index is 6.76. The van der Waals surface area contributed by atoms with Gasteiger partial charge in [0.1, 0.15) is 22.3 Å². The second kappa shape index (κ2) is 10.8. The molecule has 0 saturated carbocycles. The van der Waals surface area contributed by atoms with Gasteiger partial charge in [0.05, 0.1) is 0 Å². The molecule has 0 amide bonds. The molecular weight excluding hydrogens is 625 g/mol. The van der Waals surface area contributed by atoms with Crippen LogP contribution in [0.15, 0.2) is 183 Å². The van der Waals surface area contributed by atoms with Gasteiger partial charge in [0.15, 0.2) is 11.2 Å². The zero-order chi connectivity index (χ0) is 33.5. The van der Waals surface area contributed by atoms with Crippen LogP contribution in [0, 0.1) is 0 Å². The van der Waals surface area contributed by atoms with Gasteiger partial charge in [-0.1, -0.05) is 115 Å². The van der Waals surface area contributed by atoms with Crippen LogP contribution in [0.1, 0.15) is 0 Å². The van der Waals surface area contributed by atoms with E-state index in [2.05, 4.69) is 152 Å². The van der Waals surface area contributed by atoms with Crippen molar-refractivity contribution >= 4 is 65.8 Å². The van der Waals surface area contributed by atoms with Crippen molar-refractivity contribution in [1.82, 2.24) is 0 Å². The maximum Gasteiger partial charge on any atom is 0.179 e. The van der Waals surface area contributed by atoms with E-state index in [1.165, 1.54) is 11.1 Å². The number of rotatable bonds is 4. The van der Waals surface area contributed by atoms with Gasteiger partial charge in [-0.15, -0.1) is 0 Å². The van der Waals surface area contributed by atoms with E-state index in [1.807, 2.05) is 18.2 Å². The lowest BCUT2D eigenvalue weighted by atomic mass is 9.94. The molecule has 238 valence electrons. The summed E-state index contributed by atoms with van der Waals surface area (Å²) in [5, 5.41) is 6.34. The van der Waals surface area contributed by atoms with Crippen LogP contribution in [0.4, 0.5) is 0 Å². The summed E-state index contributed by atoms with van der Waals surface area (Å²) < 4.78 is 19.8. The van der Waals surface area contributed by atoms with E-state index < -0.39 is 0 Å². The van der Waals surface area contributed by atoms with Crippen molar-refractivity contribution in [2.75, 3.05) is 0 Å². The lowest BCUT2D eigenvalue weighted by Gasteiger charge is -2.07. The molecule has 3 nitrogen and oxygen atoms in total. The van der Waals surface area contributed by atoms with Crippen molar-refractivity contribution in [3.63, 3.8) is 0 Å². The minimum absolute atomic E-state index is 0.753. The molecule has 0 bridgehead atoms. The highest BCUT2D eigenvalue weighted by Gasteiger charge is 2.22. The largest absolute Gasteiger partial charge is 0.456 e. The van der Waals surface area contributed by atoms with Crippen molar-refractivity contribution in [1.29, 1.82) is 0 Å². The standard InChI is InChI=1S/C48H28O3/c1-4-10-29(11-5-1)32-16-20-42-37(24-32)38-27-35(19-23-43(38)49-42)36-28-40-39-25-33(30-12-6-2-7-13-30)17-21-44(39)50-47(40)48-46(36)41-26-34(18-22-45(41)51-48)31-14-8-3-9-15-31/h1-28H. The first kappa shape index (κ1) is 28.0. The zero-order valence-corrected chi connectivity index (χ0v) is 27.4. The first-order valence-electron chi connectivity index (χ1n) is 17.2. The molecule has 3 aromatic heterocycles. The average molecular weight is 653 g/mol. The van der Waals surface area contributed by atoms with Gasteiger partial charge in [-0.3, -0.25) is 0 Å². The Morgan fingerprint density at radius 1 is 0.255 bits per heavy atom. The Bertz CT molecular complexity index is 3110. The van der Waals surface area contributed by atoms with Crippen LogP contribution in [0.3, 0.4) is 0 Å². The molecule has 0 aliphatic heterocycles. The Kier molecular flexibility index (Phi) is 5.96. The molecule has 51 heavy (non-hydrogen) atoms. The summed E-state index contributed by atoms with van der Waals surface area (Å²) in [5.41, 5.74) is 14.0. The molecular formula is C48H28O3. The molecule has 0 fully saturated rings. The van der Waals surface area contributed by atoms with Crippen LogP contribution >= 0.6 is 0 Å². The van der Waals surface area contributed by atoms with E-state index >= 15 is 0 Å². The lowest BCUT2D eigenvalue weighted by molar-refractivity contribution is 0.633. The Balaban J connectivity index is 1.21. The van der Waals surface area contributed by atoms with E-state index in [0.29, 0.717) is 0 Å². The fourth-order valence-electron chi connectivity index (χ4n) is 7.77. The van der Waals surface area contributed by atoms with E-state index in [-0.39, 0.29) is 0 Å². The van der Waals surface area contributed by atoms with Crippen LogP contribution < -0.4 is 0 Å². The lowest BCUT2D eigenvalue weighted by Crippen LogP contribution is -1.83. The molecule has 0 aliphatic rings. The van der Waals surface area contributed by atoms with Gasteiger partial charge >= 0.3 is 0 Å². The summed E-state index contributed by atoms with van der Waals surface area (Å²) in [6.07, 6.45) is 0. The molecule has 11 rings (SSSR count). The fourth-order valence-corrected chi connectivity index (χ4v) is 7.77. The van der Waals surface area contributed by atoms with Crippen molar-refractivity contribution < 1.29 is 13.3 Å². The Labute approximate surface area is 292 Å². The summed E-state index contributed by atoms with van der Waals surface area (Å²) in [7, 11) is 0. The van der Waals surface area contributed by atoms with Gasteiger partial charge in [-0.05, 0) is 99.1 Å². The summed E-state index contributed by atoms with van der Waals surface area (Å²) in [6.45, 7) is 0. The van der Waals surface area contributed by atoms with E-state index in [1.54, 1.807) is 0 Å². The second-order valence-corrected chi connectivity index (χ2v) is 13.3. The molecule has 11 aromatic rings. The van der Waals surface area contributed by atoms with Gasteiger partial charge in [0, 0.05) is 32.3 Å². The molecule has 0 unspecified atom stereocenters. The van der Waals surface area contributed by atoms with Crippen LogP contribution in [-0.2, 0) is 0 Å². The summed E-state index contributed by atoms with van der Waals surface area (Å²) in [6, 6.07) is 59.7. The summed E-state index contributed by atoms with van der Waals surface area (Å²) in [5.74, 6) is 0.